The highest BCUT2D eigenvalue weighted by Crippen LogP contribution is 2.27. The van der Waals surface area contributed by atoms with Crippen molar-refractivity contribution in [2.45, 2.75) is 11.8 Å². The van der Waals surface area contributed by atoms with Crippen molar-refractivity contribution in [3.63, 3.8) is 0 Å². The van der Waals surface area contributed by atoms with E-state index in [0.29, 0.717) is 3.70 Å². The van der Waals surface area contributed by atoms with Crippen molar-refractivity contribution >= 4 is 38.5 Å². The molecule has 0 N–H and O–H groups in total. The van der Waals surface area contributed by atoms with Crippen LogP contribution in [-0.2, 0) is 5.33 Å². The fraction of sp³-hybridized carbons (Fsp3) is 0.250. The molecule has 0 spiro atoms. The van der Waals surface area contributed by atoms with Gasteiger partial charge in [0.2, 0.25) is 0 Å². The van der Waals surface area contributed by atoms with E-state index in [0.717, 1.165) is 0 Å². The standard InChI is InChI=1S/C8H4BrF2IN2/c9-2-5-4(8(10)11)1-7(12)14-6(5)3-13/h1,8H,2H2. The number of aromatic nitrogens is 1. The lowest BCUT2D eigenvalue weighted by Crippen LogP contribution is -2.01. The second-order valence-corrected chi connectivity index (χ2v) is 4.07. The molecule has 0 saturated heterocycles. The third-order valence-electron chi connectivity index (χ3n) is 1.60. The van der Waals surface area contributed by atoms with Crippen molar-refractivity contribution in [1.29, 1.82) is 5.26 Å². The first-order valence-electron chi connectivity index (χ1n) is 3.53. The van der Waals surface area contributed by atoms with Crippen LogP contribution in [0.2, 0.25) is 0 Å². The smallest absolute Gasteiger partial charge is 0.231 e. The van der Waals surface area contributed by atoms with Gasteiger partial charge in [-0.3, -0.25) is 0 Å². The van der Waals surface area contributed by atoms with Gasteiger partial charge in [0.05, 0.1) is 0 Å². The van der Waals surface area contributed by atoms with E-state index in [9.17, 15) is 8.78 Å². The molecule has 1 aromatic heterocycles. The molecular weight excluding hydrogens is 369 g/mol. The van der Waals surface area contributed by atoms with Gasteiger partial charge in [-0.15, -0.1) is 0 Å². The summed E-state index contributed by atoms with van der Waals surface area (Å²) in [5, 5.41) is 8.91. The molecule has 2 nitrogen and oxygen atoms in total. The summed E-state index contributed by atoms with van der Waals surface area (Å²) in [6.07, 6.45) is -2.58. The van der Waals surface area contributed by atoms with Gasteiger partial charge in [-0.25, -0.2) is 13.8 Å². The van der Waals surface area contributed by atoms with Crippen LogP contribution in [0.4, 0.5) is 8.78 Å². The van der Waals surface area contributed by atoms with E-state index in [1.807, 2.05) is 22.6 Å². The molecule has 0 aromatic carbocycles. The molecule has 0 amide bonds. The van der Waals surface area contributed by atoms with Crippen LogP contribution in [0.15, 0.2) is 6.07 Å². The second kappa shape index (κ2) is 4.98. The van der Waals surface area contributed by atoms with Crippen LogP contribution < -0.4 is 0 Å². The van der Waals surface area contributed by atoms with Gasteiger partial charge in [-0.05, 0) is 28.7 Å². The first-order valence-corrected chi connectivity index (χ1v) is 5.73. The first kappa shape index (κ1) is 11.8. The van der Waals surface area contributed by atoms with Crippen LogP contribution in [0.25, 0.3) is 0 Å². The number of halogens is 4. The highest BCUT2D eigenvalue weighted by atomic mass is 127. The molecule has 0 bridgehead atoms. The fourth-order valence-electron chi connectivity index (χ4n) is 0.986. The molecule has 0 aliphatic carbocycles. The van der Waals surface area contributed by atoms with Crippen LogP contribution >= 0.6 is 38.5 Å². The van der Waals surface area contributed by atoms with Gasteiger partial charge in [0.1, 0.15) is 15.5 Å². The summed E-state index contributed by atoms with van der Waals surface area (Å²) in [5.74, 6) is 0. The van der Waals surface area contributed by atoms with E-state index in [1.165, 1.54) is 6.07 Å². The third kappa shape index (κ3) is 2.39. The van der Waals surface area contributed by atoms with Crippen molar-refractivity contribution in [3.8, 4) is 6.07 Å². The van der Waals surface area contributed by atoms with Crippen LogP contribution in [0.5, 0.6) is 0 Å². The lowest BCUT2D eigenvalue weighted by Gasteiger charge is -2.07. The summed E-state index contributed by atoms with van der Waals surface area (Å²) in [4.78, 5) is 3.87. The zero-order chi connectivity index (χ0) is 10.7. The minimum absolute atomic E-state index is 0.0593. The van der Waals surface area contributed by atoms with Crippen LogP contribution in [0, 0.1) is 15.0 Å². The Labute approximate surface area is 102 Å². The van der Waals surface area contributed by atoms with Gasteiger partial charge in [0.25, 0.3) is 6.43 Å². The lowest BCUT2D eigenvalue weighted by molar-refractivity contribution is 0.150. The second-order valence-electron chi connectivity index (χ2n) is 2.41. The van der Waals surface area contributed by atoms with E-state index >= 15 is 0 Å². The summed E-state index contributed by atoms with van der Waals surface area (Å²) in [5.41, 5.74) is 0.199. The Balaban J connectivity index is 3.41. The van der Waals surface area contributed by atoms with Gasteiger partial charge in [0, 0.05) is 16.5 Å². The molecule has 6 heteroatoms. The largest absolute Gasteiger partial charge is 0.264 e. The Bertz CT molecular complexity index is 390. The Morgan fingerprint density at radius 1 is 1.64 bits per heavy atom. The van der Waals surface area contributed by atoms with Crippen LogP contribution in [0.3, 0.4) is 0 Å². The molecule has 0 fully saturated rings. The number of alkyl halides is 3. The van der Waals surface area contributed by atoms with Crippen molar-refractivity contribution in [3.05, 3.63) is 26.6 Å². The number of nitrogens with zero attached hydrogens (tertiary/aromatic N) is 2. The summed E-state index contributed by atoms with van der Waals surface area (Å²) in [6, 6.07) is 3.10. The van der Waals surface area contributed by atoms with Crippen molar-refractivity contribution in [1.82, 2.24) is 4.98 Å². The maximum atomic E-state index is 12.5. The van der Waals surface area contributed by atoms with E-state index in [4.69, 9.17) is 5.26 Å². The maximum Gasteiger partial charge on any atom is 0.264 e. The van der Waals surface area contributed by atoms with Gasteiger partial charge in [0.15, 0.2) is 0 Å². The van der Waals surface area contributed by atoms with Gasteiger partial charge < -0.3 is 0 Å². The summed E-state index contributed by atoms with van der Waals surface area (Å²) in [7, 11) is 0. The molecule has 0 atom stereocenters. The normalized spacial score (nSPS) is 10.3. The molecule has 0 aliphatic heterocycles. The van der Waals surface area contributed by atoms with E-state index in [2.05, 4.69) is 20.9 Å². The number of rotatable bonds is 2. The molecule has 1 heterocycles. The molecule has 14 heavy (non-hydrogen) atoms. The van der Waals surface area contributed by atoms with Crippen LogP contribution in [0.1, 0.15) is 23.2 Å². The molecule has 0 aliphatic rings. The highest BCUT2D eigenvalue weighted by Gasteiger charge is 2.17. The number of hydrogen-bond donors (Lipinski definition) is 0. The minimum Gasteiger partial charge on any atom is -0.231 e. The average molecular weight is 373 g/mol. The number of nitriles is 1. The van der Waals surface area contributed by atoms with Crippen molar-refractivity contribution in [2.75, 3.05) is 0 Å². The van der Waals surface area contributed by atoms with Gasteiger partial charge in [-0.2, -0.15) is 5.26 Å². The molecule has 1 aromatic rings. The molecule has 0 radical (unpaired) electrons. The van der Waals surface area contributed by atoms with Gasteiger partial charge >= 0.3 is 0 Å². The molecule has 1 rings (SSSR count). The number of hydrogen-bond acceptors (Lipinski definition) is 2. The Morgan fingerprint density at radius 2 is 2.29 bits per heavy atom. The minimum atomic E-state index is -2.58. The molecule has 74 valence electrons. The third-order valence-corrected chi connectivity index (χ3v) is 2.72. The SMILES string of the molecule is N#Cc1nc(I)cc(C(F)F)c1CBr. The zero-order valence-corrected chi connectivity index (χ0v) is 10.5. The first-order chi connectivity index (χ1) is 6.60. The molecule has 0 unspecified atom stereocenters. The quantitative estimate of drug-likeness (QED) is 0.453. The summed E-state index contributed by atoms with van der Waals surface area (Å²) >= 11 is 4.88. The van der Waals surface area contributed by atoms with Gasteiger partial charge in [-0.1, -0.05) is 15.9 Å². The van der Waals surface area contributed by atoms with Crippen molar-refractivity contribution < 1.29 is 8.78 Å². The Kier molecular flexibility index (Phi) is 4.19. The fourth-order valence-corrected chi connectivity index (χ4v) is 2.15. The summed E-state index contributed by atoms with van der Waals surface area (Å²) < 4.78 is 25.5. The highest BCUT2D eigenvalue weighted by molar-refractivity contribution is 14.1. The number of pyridine rings is 1. The predicted molar refractivity (Wildman–Crippen MR) is 59.3 cm³/mol. The van der Waals surface area contributed by atoms with E-state index in [-0.39, 0.29) is 22.2 Å². The monoisotopic (exact) mass is 372 g/mol. The lowest BCUT2D eigenvalue weighted by atomic mass is 10.1. The van der Waals surface area contributed by atoms with Crippen LogP contribution in [-0.4, -0.2) is 4.98 Å². The summed E-state index contributed by atoms with van der Waals surface area (Å²) in [6.45, 7) is 0. The van der Waals surface area contributed by atoms with E-state index < -0.39 is 6.43 Å². The Hall–Kier alpha value is -0.290. The average Bonchev–Trinajstić information content (AvgIpc) is 2.16. The molecule has 0 saturated carbocycles. The van der Waals surface area contributed by atoms with E-state index in [1.54, 1.807) is 6.07 Å². The maximum absolute atomic E-state index is 12.5. The molecular formula is C8H4BrF2IN2. The zero-order valence-electron chi connectivity index (χ0n) is 6.77. The topological polar surface area (TPSA) is 36.7 Å². The predicted octanol–water partition coefficient (Wildman–Crippen LogP) is 3.39. The van der Waals surface area contributed by atoms with Crippen molar-refractivity contribution in [2.24, 2.45) is 0 Å². The Morgan fingerprint density at radius 3 is 2.71 bits per heavy atom.